The summed E-state index contributed by atoms with van der Waals surface area (Å²) in [5, 5.41) is 0. The average Bonchev–Trinajstić information content (AvgIpc) is 2.32. The minimum atomic E-state index is -0.555. The fraction of sp³-hybridized carbons (Fsp3) is 0.333. The van der Waals surface area contributed by atoms with Crippen LogP contribution in [0.3, 0.4) is 0 Å². The number of hydrogen-bond acceptors (Lipinski definition) is 2. The molecule has 0 saturated carbocycles. The number of rotatable bonds is 5. The van der Waals surface area contributed by atoms with Gasteiger partial charge in [-0.25, -0.2) is 4.79 Å². The molecular formula is C12H14N2O2. The van der Waals surface area contributed by atoms with Gasteiger partial charge in [0.05, 0.1) is 13.0 Å². The van der Waals surface area contributed by atoms with Crippen molar-refractivity contribution in [1.29, 1.82) is 0 Å². The largest absolute Gasteiger partial charge is 0.457 e. The summed E-state index contributed by atoms with van der Waals surface area (Å²) < 4.78 is 4.96. The first kappa shape index (κ1) is 12.1. The number of carbonyl (C=O) groups excluding carboxylic acids is 1. The molecule has 0 atom stereocenters. The van der Waals surface area contributed by atoms with Crippen LogP contribution in [0.2, 0.25) is 0 Å². The molecule has 0 amide bonds. The second kappa shape index (κ2) is 6.53. The number of hydrogen-bond donors (Lipinski definition) is 0. The Morgan fingerprint density at radius 1 is 1.38 bits per heavy atom. The Morgan fingerprint density at radius 3 is 2.62 bits per heavy atom. The normalized spacial score (nSPS) is 9.31. The highest BCUT2D eigenvalue weighted by Gasteiger charge is 2.18. The summed E-state index contributed by atoms with van der Waals surface area (Å²) in [5.41, 5.74) is 9.65. The molecule has 0 aliphatic heterocycles. The zero-order chi connectivity index (χ0) is 11.8. The number of carbonyl (C=O) groups is 1. The molecule has 4 nitrogen and oxygen atoms in total. The first-order chi connectivity index (χ1) is 7.77. The van der Waals surface area contributed by atoms with Crippen molar-refractivity contribution in [2.75, 3.05) is 6.61 Å². The molecule has 1 aromatic rings. The van der Waals surface area contributed by atoms with Crippen LogP contribution in [0.1, 0.15) is 18.9 Å². The molecular weight excluding hydrogens is 204 g/mol. The SMILES string of the molecule is CCC(=[N+]=[N-])C(=O)OCCc1ccccc1. The van der Waals surface area contributed by atoms with Gasteiger partial charge in [0.25, 0.3) is 0 Å². The number of esters is 1. The van der Waals surface area contributed by atoms with Crippen LogP contribution in [0.15, 0.2) is 30.3 Å². The standard InChI is InChI=1S/C12H14N2O2/c1-2-11(14-13)12(15)16-9-8-10-6-4-3-5-7-10/h3-7H,2,8-9H2,1H3. The molecule has 4 heteroatoms. The summed E-state index contributed by atoms with van der Waals surface area (Å²) in [6, 6.07) is 9.74. The topological polar surface area (TPSA) is 62.7 Å². The third kappa shape index (κ3) is 3.67. The van der Waals surface area contributed by atoms with Gasteiger partial charge in [0.2, 0.25) is 0 Å². The van der Waals surface area contributed by atoms with E-state index in [2.05, 4.69) is 4.79 Å². The van der Waals surface area contributed by atoms with Crippen molar-refractivity contribution in [1.82, 2.24) is 0 Å². The number of ether oxygens (including phenoxy) is 1. The van der Waals surface area contributed by atoms with Crippen LogP contribution in [0.25, 0.3) is 5.53 Å². The summed E-state index contributed by atoms with van der Waals surface area (Å²) in [7, 11) is 0. The van der Waals surface area contributed by atoms with Crippen molar-refractivity contribution in [2.45, 2.75) is 19.8 Å². The van der Waals surface area contributed by atoms with Gasteiger partial charge in [0.15, 0.2) is 0 Å². The van der Waals surface area contributed by atoms with E-state index < -0.39 is 5.97 Å². The Bertz CT molecular complexity index is 395. The van der Waals surface area contributed by atoms with Gasteiger partial charge < -0.3 is 10.3 Å². The summed E-state index contributed by atoms with van der Waals surface area (Å²) >= 11 is 0. The highest BCUT2D eigenvalue weighted by atomic mass is 16.5. The lowest BCUT2D eigenvalue weighted by Crippen LogP contribution is -2.18. The molecule has 1 aromatic carbocycles. The molecule has 0 unspecified atom stereocenters. The van der Waals surface area contributed by atoms with Crippen LogP contribution in [0, 0.1) is 0 Å². The zero-order valence-corrected chi connectivity index (χ0v) is 9.22. The summed E-state index contributed by atoms with van der Waals surface area (Å²) in [6.07, 6.45) is 1.02. The van der Waals surface area contributed by atoms with E-state index in [1.807, 2.05) is 30.3 Å². The second-order valence-electron chi connectivity index (χ2n) is 3.27. The third-order valence-electron chi connectivity index (χ3n) is 2.16. The fourth-order valence-corrected chi connectivity index (χ4v) is 1.25. The van der Waals surface area contributed by atoms with E-state index in [0.717, 1.165) is 5.56 Å². The van der Waals surface area contributed by atoms with Crippen molar-refractivity contribution in [3.63, 3.8) is 0 Å². The Hall–Kier alpha value is -1.93. The predicted molar refractivity (Wildman–Crippen MR) is 60.0 cm³/mol. The molecule has 0 aliphatic carbocycles. The molecule has 0 aromatic heterocycles. The van der Waals surface area contributed by atoms with E-state index in [4.69, 9.17) is 10.3 Å². The second-order valence-corrected chi connectivity index (χ2v) is 3.27. The van der Waals surface area contributed by atoms with Gasteiger partial charge in [-0.2, -0.15) is 4.79 Å². The van der Waals surface area contributed by atoms with Gasteiger partial charge in [-0.05, 0) is 5.56 Å². The van der Waals surface area contributed by atoms with Crippen LogP contribution in [0.5, 0.6) is 0 Å². The smallest absolute Gasteiger partial charge is 0.416 e. The molecule has 0 radical (unpaired) electrons. The van der Waals surface area contributed by atoms with Gasteiger partial charge in [0, 0.05) is 6.42 Å². The van der Waals surface area contributed by atoms with Crippen molar-refractivity contribution in [3.8, 4) is 0 Å². The van der Waals surface area contributed by atoms with Crippen molar-refractivity contribution in [2.24, 2.45) is 0 Å². The van der Waals surface area contributed by atoms with E-state index in [1.165, 1.54) is 0 Å². The van der Waals surface area contributed by atoms with Crippen LogP contribution >= 0.6 is 0 Å². The molecule has 0 fully saturated rings. The average molecular weight is 218 g/mol. The van der Waals surface area contributed by atoms with E-state index in [1.54, 1.807) is 6.92 Å². The van der Waals surface area contributed by atoms with Crippen LogP contribution in [0.4, 0.5) is 0 Å². The lowest BCUT2D eigenvalue weighted by atomic mass is 10.2. The Kier molecular flexibility index (Phi) is 4.96. The van der Waals surface area contributed by atoms with Crippen LogP contribution in [-0.4, -0.2) is 23.1 Å². The predicted octanol–water partition coefficient (Wildman–Crippen LogP) is 1.85. The van der Waals surface area contributed by atoms with Gasteiger partial charge in [-0.15, -0.1) is 0 Å². The molecule has 0 heterocycles. The number of benzene rings is 1. The zero-order valence-electron chi connectivity index (χ0n) is 9.22. The minimum absolute atomic E-state index is 0.0491. The van der Waals surface area contributed by atoms with Crippen LogP contribution in [-0.2, 0) is 16.0 Å². The highest BCUT2D eigenvalue weighted by Crippen LogP contribution is 2.00. The molecule has 0 N–H and O–H groups in total. The monoisotopic (exact) mass is 218 g/mol. The van der Waals surface area contributed by atoms with Crippen molar-refractivity contribution >= 4 is 11.7 Å². The minimum Gasteiger partial charge on any atom is -0.457 e. The van der Waals surface area contributed by atoms with Gasteiger partial charge >= 0.3 is 11.7 Å². The van der Waals surface area contributed by atoms with E-state index in [-0.39, 0.29) is 5.71 Å². The summed E-state index contributed by atoms with van der Waals surface area (Å²) in [5.74, 6) is -0.555. The maximum atomic E-state index is 11.3. The fourth-order valence-electron chi connectivity index (χ4n) is 1.25. The molecule has 0 spiro atoms. The lowest BCUT2D eigenvalue weighted by molar-refractivity contribution is -0.140. The first-order valence-corrected chi connectivity index (χ1v) is 5.20. The van der Waals surface area contributed by atoms with Crippen LogP contribution < -0.4 is 0 Å². The van der Waals surface area contributed by atoms with E-state index in [9.17, 15) is 4.79 Å². The van der Waals surface area contributed by atoms with E-state index in [0.29, 0.717) is 19.4 Å². The third-order valence-corrected chi connectivity index (χ3v) is 2.16. The highest BCUT2D eigenvalue weighted by molar-refractivity contribution is 6.33. The molecule has 0 bridgehead atoms. The van der Waals surface area contributed by atoms with Crippen molar-refractivity contribution < 1.29 is 14.3 Å². The Labute approximate surface area is 94.5 Å². The van der Waals surface area contributed by atoms with Gasteiger partial charge in [-0.3, -0.25) is 0 Å². The van der Waals surface area contributed by atoms with Gasteiger partial charge in [0.1, 0.15) is 0 Å². The maximum Gasteiger partial charge on any atom is 0.416 e. The first-order valence-electron chi connectivity index (χ1n) is 5.20. The van der Waals surface area contributed by atoms with E-state index >= 15 is 0 Å². The quantitative estimate of drug-likeness (QED) is 0.327. The van der Waals surface area contributed by atoms with Gasteiger partial charge in [-0.1, -0.05) is 37.3 Å². The summed E-state index contributed by atoms with van der Waals surface area (Å²) in [6.45, 7) is 2.02. The summed E-state index contributed by atoms with van der Waals surface area (Å²) in [4.78, 5) is 14.2. The van der Waals surface area contributed by atoms with Crippen molar-refractivity contribution in [3.05, 3.63) is 41.4 Å². The molecule has 1 rings (SSSR count). The maximum absolute atomic E-state index is 11.3. The molecule has 0 saturated heterocycles. The molecule has 84 valence electrons. The molecule has 16 heavy (non-hydrogen) atoms. The number of nitrogens with zero attached hydrogens (tertiary/aromatic N) is 2. The Balaban J connectivity index is 2.37. The lowest BCUT2D eigenvalue weighted by Gasteiger charge is -2.01. The molecule has 0 aliphatic rings. The Morgan fingerprint density at radius 2 is 2.06 bits per heavy atom.